The number of anilines is 12. The van der Waals surface area contributed by atoms with E-state index in [0.29, 0.717) is 0 Å². The molecule has 17 rings (SSSR count). The van der Waals surface area contributed by atoms with Crippen LogP contribution < -0.4 is 19.6 Å². The van der Waals surface area contributed by atoms with E-state index in [4.69, 9.17) is 0 Å². The smallest absolute Gasteiger partial charge is 0.0468 e. The first-order chi connectivity index (χ1) is 47.2. The zero-order chi connectivity index (χ0) is 64.5. The lowest BCUT2D eigenvalue weighted by Gasteiger charge is -2.29. The fourth-order valence-corrected chi connectivity index (χ4v) is 15.6. The molecule has 458 valence electrons. The van der Waals surface area contributed by atoms with Crippen LogP contribution in [-0.4, -0.2) is 0 Å². The molecule has 2 aliphatic carbocycles. The van der Waals surface area contributed by atoms with E-state index in [1.165, 1.54) is 88.3 Å². The van der Waals surface area contributed by atoms with Crippen LogP contribution in [-0.2, 0) is 10.8 Å². The van der Waals surface area contributed by atoms with Gasteiger partial charge in [0.05, 0.1) is 0 Å². The van der Waals surface area contributed by atoms with Gasteiger partial charge in [-0.25, -0.2) is 0 Å². The first-order valence-electron chi connectivity index (χ1n) is 33.4. The van der Waals surface area contributed by atoms with Gasteiger partial charge in [-0.1, -0.05) is 222 Å². The van der Waals surface area contributed by atoms with E-state index < -0.39 is 0 Å². The highest BCUT2D eigenvalue weighted by Gasteiger charge is 2.39. The number of nitrogens with zero attached hydrogens (tertiary/aromatic N) is 4. The summed E-state index contributed by atoms with van der Waals surface area (Å²) in [5.41, 5.74) is 27.6. The number of hydrogen-bond acceptors (Lipinski definition) is 4. The Morgan fingerprint density at radius 1 is 0.177 bits per heavy atom. The van der Waals surface area contributed by atoms with Crippen molar-refractivity contribution in [1.29, 1.82) is 0 Å². The van der Waals surface area contributed by atoms with E-state index in [2.05, 4.69) is 399 Å². The van der Waals surface area contributed by atoms with Crippen LogP contribution in [0, 0.1) is 0 Å². The highest BCUT2D eigenvalue weighted by Crippen LogP contribution is 2.57. The first-order valence-corrected chi connectivity index (χ1v) is 33.4. The molecule has 0 bridgehead atoms. The molecule has 0 atom stereocenters. The maximum absolute atomic E-state index is 2.53. The standard InChI is InChI=1S/C92H70N4/c1-91(2)85-57-63(45-51-77(85)79-53-47-75(61-87(79)91)95(69-37-21-9-22-38-69)70-39-23-10-24-40-70)89-81-55-49-74(94(67-33-17-7-18-34-67)68-35-19-8-20-36-68)60-84(81)90(82-56-50-73(59-83(82)89)93(65-29-13-5-14-30-65)66-31-15-6-16-32-66)64-46-52-78-80-54-48-76(62-88(80)92(3,4)86(78)58-64)96(71-41-25-11-26-42-71)72-43-27-12-28-44-72/h5-62H,1-4H3. The molecule has 15 aromatic rings. The van der Waals surface area contributed by atoms with Crippen LogP contribution in [0.2, 0.25) is 0 Å². The molecule has 0 fully saturated rings. The molecule has 96 heavy (non-hydrogen) atoms. The highest BCUT2D eigenvalue weighted by molar-refractivity contribution is 6.23. The van der Waals surface area contributed by atoms with E-state index in [0.717, 1.165) is 68.2 Å². The maximum Gasteiger partial charge on any atom is 0.0468 e. The van der Waals surface area contributed by atoms with Crippen LogP contribution >= 0.6 is 0 Å². The van der Waals surface area contributed by atoms with E-state index in [9.17, 15) is 0 Å². The molecule has 0 heterocycles. The lowest BCUT2D eigenvalue weighted by atomic mass is 9.79. The second kappa shape index (κ2) is 23.5. The van der Waals surface area contributed by atoms with Gasteiger partial charge in [-0.3, -0.25) is 0 Å². The predicted molar refractivity (Wildman–Crippen MR) is 406 cm³/mol. The molecule has 0 aromatic heterocycles. The third-order valence-corrected chi connectivity index (χ3v) is 20.1. The summed E-state index contributed by atoms with van der Waals surface area (Å²) in [6, 6.07) is 130. The molecule has 0 spiro atoms. The summed E-state index contributed by atoms with van der Waals surface area (Å²) < 4.78 is 0. The minimum atomic E-state index is -0.347. The average Bonchev–Trinajstić information content (AvgIpc) is 1.30. The summed E-state index contributed by atoms with van der Waals surface area (Å²) in [4.78, 5) is 9.57. The largest absolute Gasteiger partial charge is 0.310 e. The monoisotopic (exact) mass is 1230 g/mol. The van der Waals surface area contributed by atoms with Crippen LogP contribution in [0.1, 0.15) is 49.9 Å². The van der Waals surface area contributed by atoms with Crippen molar-refractivity contribution in [2.75, 3.05) is 19.6 Å². The lowest BCUT2D eigenvalue weighted by molar-refractivity contribution is 0.660. The predicted octanol–water partition coefficient (Wildman–Crippen LogP) is 25.8. The van der Waals surface area contributed by atoms with Gasteiger partial charge in [0.15, 0.2) is 0 Å². The normalized spacial score (nSPS) is 13.0. The van der Waals surface area contributed by atoms with Crippen molar-refractivity contribution in [1.82, 2.24) is 0 Å². The van der Waals surface area contributed by atoms with Gasteiger partial charge >= 0.3 is 0 Å². The number of benzene rings is 15. The van der Waals surface area contributed by atoms with Crippen molar-refractivity contribution in [3.05, 3.63) is 374 Å². The molecular weight excluding hydrogens is 1160 g/mol. The van der Waals surface area contributed by atoms with E-state index in [1.807, 2.05) is 0 Å². The number of fused-ring (bicyclic) bond motifs is 8. The Bertz CT molecular complexity index is 4890. The zero-order valence-corrected chi connectivity index (χ0v) is 54.3. The second-order valence-corrected chi connectivity index (χ2v) is 26.5. The molecule has 15 aromatic carbocycles. The fourth-order valence-electron chi connectivity index (χ4n) is 15.6. The maximum atomic E-state index is 2.53. The Morgan fingerprint density at radius 2 is 0.385 bits per heavy atom. The summed E-state index contributed by atoms with van der Waals surface area (Å²) in [6.07, 6.45) is 0. The Labute approximate surface area is 563 Å². The van der Waals surface area contributed by atoms with Gasteiger partial charge < -0.3 is 19.6 Å². The lowest BCUT2D eigenvalue weighted by Crippen LogP contribution is -2.16. The van der Waals surface area contributed by atoms with Gasteiger partial charge in [0.1, 0.15) is 0 Å². The average molecular weight is 1230 g/mol. The molecule has 0 N–H and O–H groups in total. The van der Waals surface area contributed by atoms with Crippen LogP contribution in [0.4, 0.5) is 68.2 Å². The van der Waals surface area contributed by atoms with E-state index in [-0.39, 0.29) is 10.8 Å². The topological polar surface area (TPSA) is 13.0 Å². The Kier molecular flexibility index (Phi) is 14.2. The van der Waals surface area contributed by atoms with Gasteiger partial charge in [-0.2, -0.15) is 0 Å². The molecule has 0 amide bonds. The summed E-state index contributed by atoms with van der Waals surface area (Å²) in [5.74, 6) is 0. The van der Waals surface area contributed by atoms with Crippen molar-refractivity contribution in [3.8, 4) is 44.5 Å². The summed E-state index contributed by atoms with van der Waals surface area (Å²) in [6.45, 7) is 9.67. The van der Waals surface area contributed by atoms with Crippen molar-refractivity contribution < 1.29 is 0 Å². The Balaban J connectivity index is 0.902. The van der Waals surface area contributed by atoms with Gasteiger partial charge in [-0.05, 0) is 246 Å². The third-order valence-electron chi connectivity index (χ3n) is 20.1. The molecule has 2 aliphatic rings. The molecule has 0 radical (unpaired) electrons. The van der Waals surface area contributed by atoms with Crippen molar-refractivity contribution in [2.24, 2.45) is 0 Å². The van der Waals surface area contributed by atoms with Crippen LogP contribution in [0.3, 0.4) is 0 Å². The fraction of sp³-hybridized carbons (Fsp3) is 0.0652. The number of hydrogen-bond donors (Lipinski definition) is 0. The first kappa shape index (κ1) is 57.9. The third kappa shape index (κ3) is 9.83. The molecular formula is C92H70N4. The Morgan fingerprint density at radius 3 is 0.635 bits per heavy atom. The molecule has 0 saturated carbocycles. The van der Waals surface area contributed by atoms with Crippen molar-refractivity contribution >= 4 is 89.8 Å². The van der Waals surface area contributed by atoms with Crippen LogP contribution in [0.5, 0.6) is 0 Å². The molecule has 4 nitrogen and oxygen atoms in total. The Hall–Kier alpha value is -12.0. The molecule has 0 saturated heterocycles. The summed E-state index contributed by atoms with van der Waals surface area (Å²) in [7, 11) is 0. The van der Waals surface area contributed by atoms with Gasteiger partial charge in [0, 0.05) is 79.1 Å². The van der Waals surface area contributed by atoms with Crippen molar-refractivity contribution in [3.63, 3.8) is 0 Å². The van der Waals surface area contributed by atoms with Crippen LogP contribution in [0.25, 0.3) is 66.1 Å². The minimum Gasteiger partial charge on any atom is -0.310 e. The number of rotatable bonds is 14. The SMILES string of the molecule is CC1(C)c2cc(-c3c4ccc(N(c5ccccc5)c5ccccc5)cc4c(-c4ccc5c(c4)C(C)(C)c4cc(N(c6ccccc6)c6ccccc6)ccc4-5)c4ccc(N(c5ccccc5)c5ccccc5)cc34)ccc2-c2ccc(N(c3ccccc3)c3ccccc3)cc21. The highest BCUT2D eigenvalue weighted by atomic mass is 15.2. The van der Waals surface area contributed by atoms with E-state index >= 15 is 0 Å². The van der Waals surface area contributed by atoms with Crippen molar-refractivity contribution in [2.45, 2.75) is 38.5 Å². The quantitative estimate of drug-likeness (QED) is 0.101. The molecule has 0 aliphatic heterocycles. The summed E-state index contributed by atoms with van der Waals surface area (Å²) in [5, 5.41) is 4.71. The van der Waals surface area contributed by atoms with E-state index in [1.54, 1.807) is 0 Å². The minimum absolute atomic E-state index is 0.347. The molecule has 4 heteroatoms. The molecule has 0 unspecified atom stereocenters. The second-order valence-electron chi connectivity index (χ2n) is 26.5. The van der Waals surface area contributed by atoms with Gasteiger partial charge in [-0.15, -0.1) is 0 Å². The van der Waals surface area contributed by atoms with Gasteiger partial charge in [0.2, 0.25) is 0 Å². The summed E-state index contributed by atoms with van der Waals surface area (Å²) >= 11 is 0. The number of para-hydroxylation sites is 8. The van der Waals surface area contributed by atoms with Crippen LogP contribution in [0.15, 0.2) is 352 Å². The van der Waals surface area contributed by atoms with Gasteiger partial charge in [0.25, 0.3) is 0 Å². The zero-order valence-electron chi connectivity index (χ0n) is 54.3.